The molecule has 0 unspecified atom stereocenters. The first kappa shape index (κ1) is 23.8. The van der Waals surface area contributed by atoms with Gasteiger partial charge in [-0.2, -0.15) is 15.5 Å². The maximum Gasteiger partial charge on any atom is 0.330 e. The molecule has 0 N–H and O–H groups in total. The molecule has 0 fully saturated rings. The Bertz CT molecular complexity index is 868. The van der Waals surface area contributed by atoms with Crippen LogP contribution in [0, 0.1) is 11.3 Å². The molecule has 2 aromatic rings. The zero-order valence-electron chi connectivity index (χ0n) is 17.8. The fourth-order valence-corrected chi connectivity index (χ4v) is 2.84. The molecule has 0 bridgehead atoms. The third-order valence-corrected chi connectivity index (χ3v) is 4.58. The standard InChI is InChI=1S/C25H29N3O3/c1-2-25(29)31-19-9-7-5-3-4-6-8-18-30-24-16-14-23(15-17-24)28-27-22-12-10-21(20-26)11-13-22/h2,10-17H,1,3-9,18-19H2. The van der Waals surface area contributed by atoms with Crippen LogP contribution < -0.4 is 4.74 Å². The van der Waals surface area contributed by atoms with Crippen molar-refractivity contribution in [3.05, 3.63) is 66.7 Å². The fourth-order valence-electron chi connectivity index (χ4n) is 2.84. The van der Waals surface area contributed by atoms with E-state index in [0.717, 1.165) is 43.5 Å². The number of unbranched alkanes of at least 4 members (excludes halogenated alkanes) is 6. The van der Waals surface area contributed by atoms with Gasteiger partial charge in [0.05, 0.1) is 36.2 Å². The van der Waals surface area contributed by atoms with Crippen LogP contribution in [0.2, 0.25) is 0 Å². The molecule has 0 aliphatic carbocycles. The van der Waals surface area contributed by atoms with Crippen LogP contribution in [0.15, 0.2) is 71.4 Å². The lowest BCUT2D eigenvalue weighted by atomic mass is 10.1. The predicted octanol–water partition coefficient (Wildman–Crippen LogP) is 6.81. The van der Waals surface area contributed by atoms with Crippen molar-refractivity contribution < 1.29 is 14.3 Å². The Kier molecular flexibility index (Phi) is 11.1. The number of carbonyl (C=O) groups excluding carboxylic acids is 1. The number of hydrogen-bond acceptors (Lipinski definition) is 6. The average molecular weight is 420 g/mol. The van der Waals surface area contributed by atoms with E-state index in [1.54, 1.807) is 24.3 Å². The largest absolute Gasteiger partial charge is 0.494 e. The van der Waals surface area contributed by atoms with Gasteiger partial charge in [0.25, 0.3) is 0 Å². The molecule has 0 spiro atoms. The molecule has 31 heavy (non-hydrogen) atoms. The van der Waals surface area contributed by atoms with Gasteiger partial charge in [0.1, 0.15) is 5.75 Å². The lowest BCUT2D eigenvalue weighted by Crippen LogP contribution is -2.01. The lowest BCUT2D eigenvalue weighted by Gasteiger charge is -2.06. The maximum atomic E-state index is 10.9. The summed E-state index contributed by atoms with van der Waals surface area (Å²) in [6.07, 6.45) is 8.88. The lowest BCUT2D eigenvalue weighted by molar-refractivity contribution is -0.137. The van der Waals surface area contributed by atoms with E-state index in [4.69, 9.17) is 14.7 Å². The normalized spacial score (nSPS) is 10.5. The number of nitrogens with zero attached hydrogens (tertiary/aromatic N) is 3. The number of azo groups is 1. The third-order valence-electron chi connectivity index (χ3n) is 4.58. The molecule has 0 radical (unpaired) electrons. The van der Waals surface area contributed by atoms with Gasteiger partial charge in [-0.15, -0.1) is 0 Å². The van der Waals surface area contributed by atoms with Crippen molar-refractivity contribution in [3.63, 3.8) is 0 Å². The molecule has 2 rings (SSSR count). The summed E-state index contributed by atoms with van der Waals surface area (Å²) in [6.45, 7) is 4.55. The van der Waals surface area contributed by atoms with Gasteiger partial charge in [-0.3, -0.25) is 0 Å². The van der Waals surface area contributed by atoms with E-state index < -0.39 is 0 Å². The molecule has 6 heteroatoms. The smallest absolute Gasteiger partial charge is 0.330 e. The van der Waals surface area contributed by atoms with Crippen molar-refractivity contribution in [2.24, 2.45) is 10.2 Å². The highest BCUT2D eigenvalue weighted by molar-refractivity contribution is 5.81. The van der Waals surface area contributed by atoms with Crippen molar-refractivity contribution in [2.45, 2.75) is 44.9 Å². The summed E-state index contributed by atoms with van der Waals surface area (Å²) in [4.78, 5) is 10.9. The first-order valence-corrected chi connectivity index (χ1v) is 10.7. The number of ether oxygens (including phenoxy) is 2. The Labute approximate surface area is 184 Å². The van der Waals surface area contributed by atoms with Crippen LogP contribution in [0.1, 0.15) is 50.5 Å². The van der Waals surface area contributed by atoms with Gasteiger partial charge in [0, 0.05) is 6.08 Å². The molecule has 0 aliphatic heterocycles. The van der Waals surface area contributed by atoms with E-state index in [1.165, 1.54) is 18.9 Å². The monoisotopic (exact) mass is 419 g/mol. The van der Waals surface area contributed by atoms with Gasteiger partial charge >= 0.3 is 5.97 Å². The van der Waals surface area contributed by atoms with Crippen molar-refractivity contribution in [2.75, 3.05) is 13.2 Å². The Morgan fingerprint density at radius 1 is 0.839 bits per heavy atom. The highest BCUT2D eigenvalue weighted by Crippen LogP contribution is 2.21. The maximum absolute atomic E-state index is 10.9. The van der Waals surface area contributed by atoms with Crippen LogP contribution in [-0.2, 0) is 9.53 Å². The molecule has 0 aliphatic rings. The Morgan fingerprint density at radius 3 is 1.90 bits per heavy atom. The summed E-state index contributed by atoms with van der Waals surface area (Å²) >= 11 is 0. The minimum Gasteiger partial charge on any atom is -0.494 e. The van der Waals surface area contributed by atoms with Crippen LogP contribution in [0.25, 0.3) is 0 Å². The number of rotatable bonds is 14. The molecule has 0 amide bonds. The van der Waals surface area contributed by atoms with Gasteiger partial charge in [-0.05, 0) is 61.4 Å². The minimum atomic E-state index is -0.345. The molecule has 0 saturated carbocycles. The van der Waals surface area contributed by atoms with Crippen LogP contribution in [0.3, 0.4) is 0 Å². The second-order valence-corrected chi connectivity index (χ2v) is 7.05. The van der Waals surface area contributed by atoms with Crippen LogP contribution in [0.4, 0.5) is 11.4 Å². The van der Waals surface area contributed by atoms with E-state index in [1.807, 2.05) is 24.3 Å². The second-order valence-electron chi connectivity index (χ2n) is 7.05. The van der Waals surface area contributed by atoms with Crippen molar-refractivity contribution in [1.82, 2.24) is 0 Å². The summed E-state index contributed by atoms with van der Waals surface area (Å²) in [7, 11) is 0. The summed E-state index contributed by atoms with van der Waals surface area (Å²) in [6, 6.07) is 16.6. The Hall–Kier alpha value is -3.46. The molecule has 6 nitrogen and oxygen atoms in total. The van der Waals surface area contributed by atoms with Gasteiger partial charge in [0.2, 0.25) is 0 Å². The van der Waals surface area contributed by atoms with Crippen molar-refractivity contribution in [1.29, 1.82) is 5.26 Å². The fraction of sp³-hybridized carbons (Fsp3) is 0.360. The van der Waals surface area contributed by atoms with Crippen molar-refractivity contribution >= 4 is 17.3 Å². The first-order valence-electron chi connectivity index (χ1n) is 10.7. The number of hydrogen-bond donors (Lipinski definition) is 0. The van der Waals surface area contributed by atoms with E-state index in [2.05, 4.69) is 22.9 Å². The van der Waals surface area contributed by atoms with Crippen molar-refractivity contribution in [3.8, 4) is 11.8 Å². The van der Waals surface area contributed by atoms with E-state index in [0.29, 0.717) is 24.5 Å². The van der Waals surface area contributed by atoms with Crippen LogP contribution in [-0.4, -0.2) is 19.2 Å². The summed E-state index contributed by atoms with van der Waals surface area (Å²) in [5, 5.41) is 17.2. The second kappa shape index (κ2) is 14.5. The topological polar surface area (TPSA) is 84.0 Å². The molecule has 162 valence electrons. The van der Waals surface area contributed by atoms with Gasteiger partial charge < -0.3 is 9.47 Å². The molecule has 0 aromatic heterocycles. The van der Waals surface area contributed by atoms with E-state index >= 15 is 0 Å². The predicted molar refractivity (Wildman–Crippen MR) is 121 cm³/mol. The zero-order chi connectivity index (χ0) is 22.2. The summed E-state index contributed by atoms with van der Waals surface area (Å²) in [5.41, 5.74) is 2.05. The van der Waals surface area contributed by atoms with Gasteiger partial charge in [-0.25, -0.2) is 4.79 Å². The Balaban J connectivity index is 1.53. The minimum absolute atomic E-state index is 0.345. The molecule has 0 atom stereocenters. The summed E-state index contributed by atoms with van der Waals surface area (Å²) < 4.78 is 10.7. The van der Waals surface area contributed by atoms with Crippen LogP contribution in [0.5, 0.6) is 5.75 Å². The molecule has 0 saturated heterocycles. The number of carbonyl (C=O) groups is 1. The molecule has 0 heterocycles. The highest BCUT2D eigenvalue weighted by Gasteiger charge is 1.98. The molecule has 2 aromatic carbocycles. The SMILES string of the molecule is C=CC(=O)OCCCCCCCCCOc1ccc(N=Nc2ccc(C#N)cc2)cc1. The van der Waals surface area contributed by atoms with Crippen LogP contribution >= 0.6 is 0 Å². The van der Waals surface area contributed by atoms with E-state index in [9.17, 15) is 4.79 Å². The van der Waals surface area contributed by atoms with Gasteiger partial charge in [0.15, 0.2) is 0 Å². The third kappa shape index (κ3) is 10.2. The summed E-state index contributed by atoms with van der Waals surface area (Å²) in [5.74, 6) is 0.480. The number of nitriles is 1. The Morgan fingerprint density at radius 2 is 1.35 bits per heavy atom. The molecular weight excluding hydrogens is 390 g/mol. The molecular formula is C25H29N3O3. The van der Waals surface area contributed by atoms with Gasteiger partial charge in [-0.1, -0.05) is 38.7 Å². The highest BCUT2D eigenvalue weighted by atomic mass is 16.5. The quantitative estimate of drug-likeness (QED) is 0.146. The zero-order valence-corrected chi connectivity index (χ0v) is 17.8. The number of esters is 1. The average Bonchev–Trinajstić information content (AvgIpc) is 2.82. The first-order chi connectivity index (χ1) is 15.2. The van der Waals surface area contributed by atoms with E-state index in [-0.39, 0.29) is 5.97 Å². The number of benzene rings is 2.